The molecule has 4 heteroatoms. The topological polar surface area (TPSA) is 29.1 Å². The molecule has 0 bridgehead atoms. The highest BCUT2D eigenvalue weighted by Gasteiger charge is 2.17. The van der Waals surface area contributed by atoms with Crippen molar-refractivity contribution in [2.45, 2.75) is 24.6 Å². The number of carbonyl (C=O) groups is 1. The normalized spacial score (nSPS) is 13.8. The minimum atomic E-state index is -0.316. The summed E-state index contributed by atoms with van der Waals surface area (Å²) < 4.78 is 0. The van der Waals surface area contributed by atoms with E-state index in [2.05, 4.69) is 23.3 Å². The molecule has 0 radical (unpaired) electrons. The quantitative estimate of drug-likeness (QED) is 0.812. The van der Waals surface area contributed by atoms with Crippen molar-refractivity contribution in [3.63, 3.8) is 0 Å². The molecule has 1 aromatic carbocycles. The van der Waals surface area contributed by atoms with Crippen LogP contribution in [0.15, 0.2) is 47.2 Å². The van der Waals surface area contributed by atoms with E-state index < -0.39 is 0 Å². The lowest BCUT2D eigenvalue weighted by atomic mass is 10.1. The minimum Gasteiger partial charge on any atom is -0.349 e. The van der Waals surface area contributed by atoms with Gasteiger partial charge in [0.05, 0.1) is 11.3 Å². The first-order chi connectivity index (χ1) is 9.16. The maximum absolute atomic E-state index is 12.1. The first-order valence-corrected chi connectivity index (χ1v) is 7.67. The van der Waals surface area contributed by atoms with Gasteiger partial charge in [-0.3, -0.25) is 4.79 Å². The zero-order chi connectivity index (χ0) is 13.7. The number of amides is 1. The third-order valence-corrected chi connectivity index (χ3v) is 4.10. The summed E-state index contributed by atoms with van der Waals surface area (Å²) in [6, 6.07) is 12.0. The van der Waals surface area contributed by atoms with Crippen molar-refractivity contribution >= 4 is 29.9 Å². The maximum atomic E-state index is 12.1. The molecule has 0 saturated carbocycles. The van der Waals surface area contributed by atoms with E-state index in [-0.39, 0.29) is 17.2 Å². The van der Waals surface area contributed by atoms with Crippen LogP contribution in [0.3, 0.4) is 0 Å². The van der Waals surface area contributed by atoms with Gasteiger partial charge < -0.3 is 5.32 Å². The lowest BCUT2D eigenvalue weighted by Gasteiger charge is -2.16. The summed E-state index contributed by atoms with van der Waals surface area (Å²) in [5.41, 5.74) is 2.26. The van der Waals surface area contributed by atoms with Crippen LogP contribution in [-0.4, -0.2) is 11.2 Å². The number of hydrogen-bond acceptors (Lipinski definition) is 3. The number of hydrogen-bond donors (Lipinski definition) is 2. The first kappa shape index (κ1) is 14.2. The van der Waals surface area contributed by atoms with E-state index in [9.17, 15) is 4.79 Å². The molecule has 0 aliphatic heterocycles. The molecule has 2 atom stereocenters. The second kappa shape index (κ2) is 6.78. The average molecular weight is 291 g/mol. The van der Waals surface area contributed by atoms with E-state index >= 15 is 0 Å². The van der Waals surface area contributed by atoms with Crippen molar-refractivity contribution in [3.8, 4) is 0 Å². The number of nitrogens with one attached hydrogen (secondary N) is 1. The summed E-state index contributed by atoms with van der Waals surface area (Å²) in [6.07, 6.45) is 0.645. The van der Waals surface area contributed by atoms with Crippen molar-refractivity contribution in [1.82, 2.24) is 5.32 Å². The van der Waals surface area contributed by atoms with Crippen molar-refractivity contribution in [3.05, 3.63) is 58.3 Å². The van der Waals surface area contributed by atoms with Gasteiger partial charge in [0, 0.05) is 0 Å². The molecule has 1 amide bonds. The highest BCUT2D eigenvalue weighted by Crippen LogP contribution is 2.16. The van der Waals surface area contributed by atoms with Crippen LogP contribution < -0.4 is 5.32 Å². The molecule has 1 N–H and O–H groups in total. The fourth-order valence-corrected chi connectivity index (χ4v) is 2.88. The van der Waals surface area contributed by atoms with Crippen LogP contribution in [0.2, 0.25) is 0 Å². The van der Waals surface area contributed by atoms with Crippen molar-refractivity contribution in [1.29, 1.82) is 0 Å². The zero-order valence-electron chi connectivity index (χ0n) is 10.7. The molecular weight excluding hydrogens is 274 g/mol. The number of thiophene rings is 1. The SMILES string of the molecule is CC(NC(=O)C(S)Cc1ccccc1)c1ccsc1. The lowest BCUT2D eigenvalue weighted by molar-refractivity contribution is -0.121. The van der Waals surface area contributed by atoms with Crippen LogP contribution in [0.5, 0.6) is 0 Å². The Morgan fingerprint density at radius 2 is 2.05 bits per heavy atom. The highest BCUT2D eigenvalue weighted by molar-refractivity contribution is 7.81. The summed E-state index contributed by atoms with van der Waals surface area (Å²) in [6.45, 7) is 1.99. The maximum Gasteiger partial charge on any atom is 0.233 e. The molecule has 0 fully saturated rings. The van der Waals surface area contributed by atoms with Crippen LogP contribution in [0.1, 0.15) is 24.1 Å². The number of carbonyl (C=O) groups excluding carboxylic acids is 1. The Hall–Kier alpha value is -1.26. The summed E-state index contributed by atoms with van der Waals surface area (Å²) in [7, 11) is 0. The Labute approximate surface area is 123 Å². The molecule has 1 aromatic heterocycles. The first-order valence-electron chi connectivity index (χ1n) is 6.21. The van der Waals surface area contributed by atoms with Gasteiger partial charge in [-0.25, -0.2) is 0 Å². The smallest absolute Gasteiger partial charge is 0.233 e. The monoisotopic (exact) mass is 291 g/mol. The molecule has 0 aliphatic rings. The second-order valence-electron chi connectivity index (χ2n) is 4.49. The number of rotatable bonds is 5. The summed E-state index contributed by atoms with van der Waals surface area (Å²) in [5.74, 6) is -0.0223. The van der Waals surface area contributed by atoms with Crippen molar-refractivity contribution < 1.29 is 4.79 Å². The van der Waals surface area contributed by atoms with E-state index in [0.717, 1.165) is 11.1 Å². The summed E-state index contributed by atoms with van der Waals surface area (Å²) in [4.78, 5) is 12.1. The fraction of sp³-hybridized carbons (Fsp3) is 0.267. The number of thiol groups is 1. The van der Waals surface area contributed by atoms with Crippen LogP contribution in [0.4, 0.5) is 0 Å². The van der Waals surface area contributed by atoms with Gasteiger partial charge in [0.1, 0.15) is 0 Å². The third-order valence-electron chi connectivity index (χ3n) is 2.98. The lowest BCUT2D eigenvalue weighted by Crippen LogP contribution is -2.34. The molecule has 100 valence electrons. The molecule has 0 saturated heterocycles. The van der Waals surface area contributed by atoms with E-state index in [4.69, 9.17) is 0 Å². The summed E-state index contributed by atoms with van der Waals surface area (Å²) in [5, 5.41) is 6.74. The summed E-state index contributed by atoms with van der Waals surface area (Å²) >= 11 is 6.03. The Kier molecular flexibility index (Phi) is 5.05. The predicted octanol–water partition coefficient (Wildman–Crippen LogP) is 3.47. The van der Waals surface area contributed by atoms with Gasteiger partial charge in [-0.2, -0.15) is 24.0 Å². The van der Waals surface area contributed by atoms with Gasteiger partial charge in [0.15, 0.2) is 0 Å². The standard InChI is InChI=1S/C15H17NOS2/c1-11(13-7-8-19-10-13)16-15(17)14(18)9-12-5-3-2-4-6-12/h2-8,10-11,14,18H,9H2,1H3,(H,16,17). The highest BCUT2D eigenvalue weighted by atomic mass is 32.1. The number of benzene rings is 1. The van der Waals surface area contributed by atoms with Gasteiger partial charge in [-0.15, -0.1) is 0 Å². The Morgan fingerprint density at radius 1 is 1.32 bits per heavy atom. The molecule has 2 aromatic rings. The Balaban J connectivity index is 1.89. The Morgan fingerprint density at radius 3 is 2.68 bits per heavy atom. The third kappa shape index (κ3) is 4.11. The van der Waals surface area contributed by atoms with Gasteiger partial charge in [-0.1, -0.05) is 30.3 Å². The van der Waals surface area contributed by atoms with E-state index in [1.165, 1.54) is 0 Å². The van der Waals surface area contributed by atoms with Crippen LogP contribution in [0.25, 0.3) is 0 Å². The zero-order valence-corrected chi connectivity index (χ0v) is 12.5. The molecule has 19 heavy (non-hydrogen) atoms. The van der Waals surface area contributed by atoms with Crippen LogP contribution in [0, 0.1) is 0 Å². The average Bonchev–Trinajstić information content (AvgIpc) is 2.93. The predicted molar refractivity (Wildman–Crippen MR) is 83.8 cm³/mol. The Bertz CT molecular complexity index is 510. The van der Waals surface area contributed by atoms with Gasteiger partial charge in [0.2, 0.25) is 5.91 Å². The molecule has 0 spiro atoms. The van der Waals surface area contributed by atoms with Crippen LogP contribution >= 0.6 is 24.0 Å². The van der Waals surface area contributed by atoms with Gasteiger partial charge in [-0.05, 0) is 41.3 Å². The largest absolute Gasteiger partial charge is 0.349 e. The van der Waals surface area contributed by atoms with Crippen molar-refractivity contribution in [2.75, 3.05) is 0 Å². The fourth-order valence-electron chi connectivity index (χ4n) is 1.84. The van der Waals surface area contributed by atoms with Gasteiger partial charge in [0.25, 0.3) is 0 Å². The van der Waals surface area contributed by atoms with Crippen LogP contribution in [-0.2, 0) is 11.2 Å². The molecule has 0 aliphatic carbocycles. The molecule has 1 heterocycles. The molecule has 2 unspecified atom stereocenters. The molecule has 2 rings (SSSR count). The molecular formula is C15H17NOS2. The van der Waals surface area contributed by atoms with Gasteiger partial charge >= 0.3 is 0 Å². The van der Waals surface area contributed by atoms with Crippen molar-refractivity contribution in [2.24, 2.45) is 0 Å². The second-order valence-corrected chi connectivity index (χ2v) is 5.90. The molecule has 2 nitrogen and oxygen atoms in total. The van der Waals surface area contributed by atoms with E-state index in [0.29, 0.717) is 6.42 Å². The van der Waals surface area contributed by atoms with E-state index in [1.807, 2.05) is 48.7 Å². The minimum absolute atomic E-state index is 0.0223. The van der Waals surface area contributed by atoms with E-state index in [1.54, 1.807) is 11.3 Å².